The fraction of sp³-hybridized carbons (Fsp3) is 0.100. The molecule has 0 spiro atoms. The molecule has 0 radical (unpaired) electrons. The van der Waals surface area contributed by atoms with Crippen molar-refractivity contribution < 1.29 is 4.79 Å². The van der Waals surface area contributed by atoms with Crippen molar-refractivity contribution in [3.63, 3.8) is 0 Å². The van der Waals surface area contributed by atoms with E-state index in [1.54, 1.807) is 0 Å². The highest BCUT2D eigenvalue weighted by atomic mass is 16.1. The fourth-order valence-electron chi connectivity index (χ4n) is 1.24. The second kappa shape index (κ2) is 3.06. The van der Waals surface area contributed by atoms with Gasteiger partial charge in [-0.3, -0.25) is 9.78 Å². The van der Waals surface area contributed by atoms with Crippen LogP contribution >= 0.6 is 0 Å². The average Bonchev–Trinajstić information content (AvgIpc) is 2.16. The van der Waals surface area contributed by atoms with Gasteiger partial charge < -0.3 is 5.73 Å². The van der Waals surface area contributed by atoms with Crippen molar-refractivity contribution in [3.8, 4) is 0 Å². The molecule has 1 amide bonds. The average molecular weight is 187 g/mol. The number of nitrogens with two attached hydrogens (primary N) is 1. The monoisotopic (exact) mass is 187 g/mol. The van der Waals surface area contributed by atoms with E-state index in [2.05, 4.69) is 9.97 Å². The van der Waals surface area contributed by atoms with E-state index >= 15 is 0 Å². The van der Waals surface area contributed by atoms with Crippen molar-refractivity contribution in [1.29, 1.82) is 0 Å². The van der Waals surface area contributed by atoms with Crippen LogP contribution in [-0.2, 0) is 0 Å². The minimum absolute atomic E-state index is 0.196. The maximum atomic E-state index is 10.8. The van der Waals surface area contributed by atoms with E-state index in [9.17, 15) is 4.79 Å². The molecule has 0 saturated heterocycles. The second-order valence-corrected chi connectivity index (χ2v) is 3.11. The summed E-state index contributed by atoms with van der Waals surface area (Å²) in [6.45, 7) is 1.98. The Morgan fingerprint density at radius 3 is 2.86 bits per heavy atom. The lowest BCUT2D eigenvalue weighted by Crippen LogP contribution is -2.13. The smallest absolute Gasteiger partial charge is 0.268 e. The molecule has 0 unspecified atom stereocenters. The van der Waals surface area contributed by atoms with E-state index in [4.69, 9.17) is 5.73 Å². The van der Waals surface area contributed by atoms with Gasteiger partial charge in [0.15, 0.2) is 0 Å². The molecule has 4 heteroatoms. The number of carbonyl (C=O) groups excluding carboxylic acids is 1. The zero-order valence-corrected chi connectivity index (χ0v) is 7.69. The van der Waals surface area contributed by atoms with Gasteiger partial charge in [0.05, 0.1) is 17.2 Å². The molecule has 70 valence electrons. The number of primary amides is 1. The summed E-state index contributed by atoms with van der Waals surface area (Å²) in [5, 5.41) is 0. The number of aromatic nitrogens is 2. The lowest BCUT2D eigenvalue weighted by Gasteiger charge is -1.99. The van der Waals surface area contributed by atoms with Crippen molar-refractivity contribution in [3.05, 3.63) is 35.7 Å². The molecular formula is C10H9N3O. The van der Waals surface area contributed by atoms with E-state index in [0.717, 1.165) is 11.1 Å². The van der Waals surface area contributed by atoms with Crippen molar-refractivity contribution >= 4 is 16.9 Å². The minimum atomic E-state index is -0.556. The van der Waals surface area contributed by atoms with Gasteiger partial charge in [-0.25, -0.2) is 4.98 Å². The number of benzene rings is 1. The Morgan fingerprint density at radius 2 is 2.14 bits per heavy atom. The van der Waals surface area contributed by atoms with Crippen LogP contribution < -0.4 is 5.73 Å². The largest absolute Gasteiger partial charge is 0.364 e. The van der Waals surface area contributed by atoms with Gasteiger partial charge in [-0.05, 0) is 24.6 Å². The summed E-state index contributed by atoms with van der Waals surface area (Å²) in [5.41, 5.74) is 7.86. The normalized spacial score (nSPS) is 10.4. The number of amides is 1. The molecular weight excluding hydrogens is 178 g/mol. The molecule has 0 aliphatic carbocycles. The lowest BCUT2D eigenvalue weighted by atomic mass is 10.2. The minimum Gasteiger partial charge on any atom is -0.364 e. The van der Waals surface area contributed by atoms with Gasteiger partial charge in [-0.15, -0.1) is 0 Å². The predicted molar refractivity (Wildman–Crippen MR) is 52.8 cm³/mol. The molecule has 1 aromatic heterocycles. The molecule has 2 aromatic rings. The number of aryl methyl sites for hydroxylation is 1. The number of carbonyl (C=O) groups is 1. The first-order chi connectivity index (χ1) is 6.66. The van der Waals surface area contributed by atoms with Crippen LogP contribution in [0.25, 0.3) is 11.0 Å². The SMILES string of the molecule is Cc1ccc2nc(C(N)=O)cnc2c1. The summed E-state index contributed by atoms with van der Waals surface area (Å²) < 4.78 is 0. The van der Waals surface area contributed by atoms with Crippen molar-refractivity contribution in [2.24, 2.45) is 5.73 Å². The highest BCUT2D eigenvalue weighted by molar-refractivity contribution is 5.92. The van der Waals surface area contributed by atoms with E-state index in [1.807, 2.05) is 25.1 Å². The molecule has 0 bridgehead atoms. The Hall–Kier alpha value is -1.97. The van der Waals surface area contributed by atoms with Crippen LogP contribution in [0, 0.1) is 6.92 Å². The maximum Gasteiger partial charge on any atom is 0.268 e. The van der Waals surface area contributed by atoms with Crippen LogP contribution in [0.5, 0.6) is 0 Å². The molecule has 0 aliphatic heterocycles. The van der Waals surface area contributed by atoms with Gasteiger partial charge in [0.1, 0.15) is 5.69 Å². The maximum absolute atomic E-state index is 10.8. The summed E-state index contributed by atoms with van der Waals surface area (Å²) in [4.78, 5) is 19.0. The van der Waals surface area contributed by atoms with Gasteiger partial charge in [0.25, 0.3) is 5.91 Å². The standard InChI is InChI=1S/C10H9N3O/c1-6-2-3-7-8(4-6)12-5-9(13-7)10(11)14/h2-5H,1H3,(H2,11,14). The van der Waals surface area contributed by atoms with E-state index < -0.39 is 5.91 Å². The highest BCUT2D eigenvalue weighted by Gasteiger charge is 2.04. The Morgan fingerprint density at radius 1 is 1.36 bits per heavy atom. The molecule has 2 rings (SSSR count). The van der Waals surface area contributed by atoms with Gasteiger partial charge in [0, 0.05) is 0 Å². The first-order valence-electron chi connectivity index (χ1n) is 4.20. The highest BCUT2D eigenvalue weighted by Crippen LogP contribution is 2.11. The molecule has 0 fully saturated rings. The zero-order chi connectivity index (χ0) is 10.1. The molecule has 2 N–H and O–H groups in total. The van der Waals surface area contributed by atoms with Gasteiger partial charge in [-0.2, -0.15) is 0 Å². The van der Waals surface area contributed by atoms with E-state index in [1.165, 1.54) is 6.20 Å². The summed E-state index contributed by atoms with van der Waals surface area (Å²) in [6, 6.07) is 5.65. The van der Waals surface area contributed by atoms with E-state index in [-0.39, 0.29) is 5.69 Å². The molecule has 0 saturated carbocycles. The Bertz CT molecular complexity index is 508. The third-order valence-corrected chi connectivity index (χ3v) is 1.95. The number of nitrogens with zero attached hydrogens (tertiary/aromatic N) is 2. The topological polar surface area (TPSA) is 68.9 Å². The molecule has 4 nitrogen and oxygen atoms in total. The van der Waals surface area contributed by atoms with Crippen molar-refractivity contribution in [2.45, 2.75) is 6.92 Å². The molecule has 0 aliphatic rings. The van der Waals surface area contributed by atoms with Crippen molar-refractivity contribution in [1.82, 2.24) is 9.97 Å². The number of hydrogen-bond acceptors (Lipinski definition) is 3. The van der Waals surface area contributed by atoms with Crippen LogP contribution in [0.4, 0.5) is 0 Å². The summed E-state index contributed by atoms with van der Waals surface area (Å²) in [5.74, 6) is -0.556. The van der Waals surface area contributed by atoms with Crippen molar-refractivity contribution in [2.75, 3.05) is 0 Å². The van der Waals surface area contributed by atoms with Crippen LogP contribution in [0.15, 0.2) is 24.4 Å². The summed E-state index contributed by atoms with van der Waals surface area (Å²) >= 11 is 0. The number of rotatable bonds is 1. The molecule has 0 atom stereocenters. The Labute approximate surface area is 80.8 Å². The number of fused-ring (bicyclic) bond motifs is 1. The van der Waals surface area contributed by atoms with Gasteiger partial charge in [-0.1, -0.05) is 6.07 Å². The number of hydrogen-bond donors (Lipinski definition) is 1. The third kappa shape index (κ3) is 1.42. The molecule has 1 heterocycles. The molecule has 1 aromatic carbocycles. The van der Waals surface area contributed by atoms with Crippen LogP contribution in [-0.4, -0.2) is 15.9 Å². The van der Waals surface area contributed by atoms with Gasteiger partial charge in [0.2, 0.25) is 0 Å². The van der Waals surface area contributed by atoms with E-state index in [0.29, 0.717) is 5.52 Å². The molecule has 14 heavy (non-hydrogen) atoms. The first-order valence-corrected chi connectivity index (χ1v) is 4.20. The fourth-order valence-corrected chi connectivity index (χ4v) is 1.24. The second-order valence-electron chi connectivity index (χ2n) is 3.11. The van der Waals surface area contributed by atoms with Gasteiger partial charge >= 0.3 is 0 Å². The van der Waals surface area contributed by atoms with Crippen LogP contribution in [0.1, 0.15) is 16.1 Å². The summed E-state index contributed by atoms with van der Waals surface area (Å²) in [6.07, 6.45) is 1.39. The Kier molecular flexibility index (Phi) is 1.89. The summed E-state index contributed by atoms with van der Waals surface area (Å²) in [7, 11) is 0. The van der Waals surface area contributed by atoms with Crippen LogP contribution in [0.2, 0.25) is 0 Å². The van der Waals surface area contributed by atoms with Crippen LogP contribution in [0.3, 0.4) is 0 Å². The Balaban J connectivity index is 2.67. The third-order valence-electron chi connectivity index (χ3n) is 1.95. The predicted octanol–water partition coefficient (Wildman–Crippen LogP) is 1.04. The lowest BCUT2D eigenvalue weighted by molar-refractivity contribution is 0.0995. The first kappa shape index (κ1) is 8.62. The zero-order valence-electron chi connectivity index (χ0n) is 7.69. The quantitative estimate of drug-likeness (QED) is 0.725.